The number of nitrogens with zero attached hydrogens (tertiary/aromatic N) is 3. The Morgan fingerprint density at radius 1 is 1.03 bits per heavy atom. The number of cyclic esters (lactones) is 1. The Balaban J connectivity index is 1.33. The predicted octanol–water partition coefficient (Wildman–Crippen LogP) is 5.10. The van der Waals surface area contributed by atoms with Crippen LogP contribution in [0.2, 0.25) is 0 Å². The van der Waals surface area contributed by atoms with Gasteiger partial charge in [0, 0.05) is 13.1 Å². The molecule has 0 radical (unpaired) electrons. The summed E-state index contributed by atoms with van der Waals surface area (Å²) in [6.45, 7) is 6.53. The van der Waals surface area contributed by atoms with Gasteiger partial charge in [0.1, 0.15) is 11.9 Å². The van der Waals surface area contributed by atoms with E-state index in [4.69, 9.17) is 9.47 Å². The SMILES string of the molecule is CCCCCCCCCCCC[N+](C)(C)CC(=O)NC[C@H]1CN(c2ccc(N3CCOCC3)c(F)c2)C(=O)O1. The number of nitrogens with one attached hydrogen (secondary N) is 1. The molecule has 39 heavy (non-hydrogen) atoms. The highest BCUT2D eigenvalue weighted by molar-refractivity contribution is 5.90. The van der Waals surface area contributed by atoms with Crippen LogP contribution in [-0.2, 0) is 14.3 Å². The third-order valence-electron chi connectivity index (χ3n) is 7.68. The number of anilines is 2. The maximum atomic E-state index is 14.8. The molecule has 2 heterocycles. The molecule has 2 aliphatic heterocycles. The van der Waals surface area contributed by atoms with Crippen LogP contribution in [0.1, 0.15) is 71.1 Å². The quantitative estimate of drug-likeness (QED) is 0.216. The van der Waals surface area contributed by atoms with E-state index in [0.29, 0.717) is 48.7 Å². The van der Waals surface area contributed by atoms with Gasteiger partial charge in [-0.25, -0.2) is 9.18 Å². The lowest BCUT2D eigenvalue weighted by molar-refractivity contribution is -0.882. The first-order valence-corrected chi connectivity index (χ1v) is 15.0. The summed E-state index contributed by atoms with van der Waals surface area (Å²) < 4.78 is 26.2. The number of carbonyl (C=O) groups excluding carboxylic acids is 2. The third kappa shape index (κ3) is 10.6. The van der Waals surface area contributed by atoms with Gasteiger partial charge in [-0.2, -0.15) is 0 Å². The van der Waals surface area contributed by atoms with E-state index in [1.807, 2.05) is 4.90 Å². The molecule has 0 aliphatic carbocycles. The monoisotopic (exact) mass is 549 g/mol. The van der Waals surface area contributed by atoms with Gasteiger partial charge in [-0.15, -0.1) is 0 Å². The van der Waals surface area contributed by atoms with Crippen molar-refractivity contribution in [2.75, 3.05) is 76.4 Å². The van der Waals surface area contributed by atoms with Crippen molar-refractivity contribution in [3.63, 3.8) is 0 Å². The van der Waals surface area contributed by atoms with Gasteiger partial charge in [0.15, 0.2) is 6.54 Å². The summed E-state index contributed by atoms with van der Waals surface area (Å²) in [5, 5.41) is 2.92. The number of rotatable bonds is 17. The molecule has 1 aromatic carbocycles. The first-order valence-electron chi connectivity index (χ1n) is 15.0. The van der Waals surface area contributed by atoms with Crippen LogP contribution < -0.4 is 15.1 Å². The number of hydrogen-bond acceptors (Lipinski definition) is 5. The zero-order valence-corrected chi connectivity index (χ0v) is 24.4. The highest BCUT2D eigenvalue weighted by Crippen LogP contribution is 2.28. The Kier molecular flexibility index (Phi) is 12.8. The van der Waals surface area contributed by atoms with Gasteiger partial charge < -0.3 is 24.2 Å². The minimum absolute atomic E-state index is 0.0533. The maximum absolute atomic E-state index is 14.8. The fourth-order valence-corrected chi connectivity index (χ4v) is 5.34. The van der Waals surface area contributed by atoms with Crippen molar-refractivity contribution in [1.82, 2.24) is 5.32 Å². The van der Waals surface area contributed by atoms with E-state index in [9.17, 15) is 14.0 Å². The molecule has 0 unspecified atom stereocenters. The number of amides is 2. The zero-order valence-electron chi connectivity index (χ0n) is 24.4. The number of likely N-dealkylation sites (N-methyl/N-ethyl adjacent to an activating group) is 1. The van der Waals surface area contributed by atoms with E-state index in [0.717, 1.165) is 13.0 Å². The highest BCUT2D eigenvalue weighted by Gasteiger charge is 2.33. The van der Waals surface area contributed by atoms with Crippen molar-refractivity contribution in [3.8, 4) is 0 Å². The predicted molar refractivity (Wildman–Crippen MR) is 154 cm³/mol. The van der Waals surface area contributed by atoms with Crippen molar-refractivity contribution in [1.29, 1.82) is 0 Å². The van der Waals surface area contributed by atoms with Gasteiger partial charge in [0.2, 0.25) is 0 Å². The van der Waals surface area contributed by atoms with E-state index >= 15 is 0 Å². The van der Waals surface area contributed by atoms with Crippen LogP contribution in [0.5, 0.6) is 0 Å². The molecule has 0 aromatic heterocycles. The lowest BCUT2D eigenvalue weighted by atomic mass is 10.1. The fraction of sp³-hybridized carbons (Fsp3) is 0.733. The van der Waals surface area contributed by atoms with E-state index < -0.39 is 12.2 Å². The van der Waals surface area contributed by atoms with Crippen molar-refractivity contribution in [3.05, 3.63) is 24.0 Å². The number of unbranched alkanes of at least 4 members (excludes halogenated alkanes) is 9. The van der Waals surface area contributed by atoms with Gasteiger partial charge in [0.25, 0.3) is 5.91 Å². The molecule has 0 saturated carbocycles. The van der Waals surface area contributed by atoms with Crippen molar-refractivity contribution >= 4 is 23.4 Å². The summed E-state index contributed by atoms with van der Waals surface area (Å²) in [6.07, 6.45) is 12.0. The second-order valence-electron chi connectivity index (χ2n) is 11.7. The van der Waals surface area contributed by atoms with E-state index in [1.165, 1.54) is 68.8 Å². The second kappa shape index (κ2) is 16.0. The molecule has 1 N–H and O–H groups in total. The summed E-state index contributed by atoms with van der Waals surface area (Å²) in [5.74, 6) is -0.427. The van der Waals surface area contributed by atoms with Gasteiger partial charge in [-0.1, -0.05) is 58.3 Å². The van der Waals surface area contributed by atoms with Gasteiger partial charge in [0.05, 0.1) is 58.3 Å². The van der Waals surface area contributed by atoms with Gasteiger partial charge in [-0.05, 0) is 31.0 Å². The van der Waals surface area contributed by atoms with Crippen molar-refractivity contribution in [2.24, 2.45) is 0 Å². The van der Waals surface area contributed by atoms with Crippen LogP contribution in [0.3, 0.4) is 0 Å². The minimum Gasteiger partial charge on any atom is -0.442 e. The molecule has 220 valence electrons. The minimum atomic E-state index is -0.523. The van der Waals surface area contributed by atoms with Crippen molar-refractivity contribution < 1.29 is 27.9 Å². The first-order chi connectivity index (χ1) is 18.8. The number of benzene rings is 1. The molecule has 2 saturated heterocycles. The van der Waals surface area contributed by atoms with E-state index in [-0.39, 0.29) is 24.8 Å². The molecule has 2 fully saturated rings. The number of ether oxygens (including phenoxy) is 2. The normalized spacial score (nSPS) is 17.9. The van der Waals surface area contributed by atoms with Crippen LogP contribution in [0.25, 0.3) is 0 Å². The van der Waals surface area contributed by atoms with Crippen molar-refractivity contribution in [2.45, 2.75) is 77.2 Å². The van der Waals surface area contributed by atoms with Gasteiger partial charge >= 0.3 is 6.09 Å². The van der Waals surface area contributed by atoms with Crippen LogP contribution in [0, 0.1) is 5.82 Å². The van der Waals surface area contributed by atoms with E-state index in [1.54, 1.807) is 12.1 Å². The third-order valence-corrected chi connectivity index (χ3v) is 7.68. The number of hydrogen-bond donors (Lipinski definition) is 1. The lowest BCUT2D eigenvalue weighted by Crippen LogP contribution is -2.49. The number of carbonyl (C=O) groups is 2. The van der Waals surface area contributed by atoms with E-state index in [2.05, 4.69) is 26.3 Å². The number of morpholine rings is 1. The molecule has 8 nitrogen and oxygen atoms in total. The van der Waals surface area contributed by atoms with Gasteiger partial charge in [-0.3, -0.25) is 9.69 Å². The Morgan fingerprint density at radius 2 is 1.67 bits per heavy atom. The molecule has 2 aliphatic rings. The smallest absolute Gasteiger partial charge is 0.414 e. The van der Waals surface area contributed by atoms with Crippen LogP contribution in [0.15, 0.2) is 18.2 Å². The second-order valence-corrected chi connectivity index (χ2v) is 11.7. The van der Waals surface area contributed by atoms with Crippen LogP contribution in [-0.4, -0.2) is 89.2 Å². The fourth-order valence-electron chi connectivity index (χ4n) is 5.34. The average Bonchev–Trinajstić information content (AvgIpc) is 3.29. The Morgan fingerprint density at radius 3 is 2.31 bits per heavy atom. The molecule has 9 heteroatoms. The largest absolute Gasteiger partial charge is 0.442 e. The summed E-state index contributed by atoms with van der Waals surface area (Å²) in [6, 6.07) is 4.82. The maximum Gasteiger partial charge on any atom is 0.414 e. The molecule has 1 aromatic rings. The summed E-state index contributed by atoms with van der Waals surface area (Å²) in [5.41, 5.74) is 0.967. The molecular formula is C30H50FN4O4+. The first kappa shape index (κ1) is 31.1. The number of quaternary nitrogens is 1. The summed E-state index contributed by atoms with van der Waals surface area (Å²) in [4.78, 5) is 28.5. The topological polar surface area (TPSA) is 71.1 Å². The van der Waals surface area contributed by atoms with Crippen LogP contribution >= 0.6 is 0 Å². The standard InChI is InChI=1S/C30H49FN4O4/c1-4-5-6-7-8-9-10-11-12-13-18-35(2,3)24-29(36)32-22-26-23-34(30(37)39-26)25-14-15-28(27(31)21-25)33-16-19-38-20-17-33/h14-15,21,26H,4-13,16-20,22-24H2,1-3H3/p+1/t26-/m0/s1. The Bertz CT molecular complexity index is 907. The highest BCUT2D eigenvalue weighted by atomic mass is 19.1. The molecule has 1 atom stereocenters. The number of halogens is 1. The average molecular weight is 550 g/mol. The molecule has 0 bridgehead atoms. The molecule has 2 amide bonds. The summed E-state index contributed by atoms with van der Waals surface area (Å²) >= 11 is 0. The Hall–Kier alpha value is -2.39. The Labute approximate surface area is 234 Å². The molecule has 0 spiro atoms. The summed E-state index contributed by atoms with van der Waals surface area (Å²) in [7, 11) is 4.17. The van der Waals surface area contributed by atoms with Crippen LogP contribution in [0.4, 0.5) is 20.6 Å². The lowest BCUT2D eigenvalue weighted by Gasteiger charge is -2.29. The molecule has 3 rings (SSSR count). The molecular weight excluding hydrogens is 499 g/mol. The zero-order chi connectivity index (χ0) is 28.1.